The van der Waals surface area contributed by atoms with Crippen LogP contribution in [0, 0.1) is 0 Å². The number of likely N-dealkylation sites (tertiary alicyclic amines) is 1. The topological polar surface area (TPSA) is 248 Å². The van der Waals surface area contributed by atoms with Crippen LogP contribution in [-0.4, -0.2) is 117 Å². The van der Waals surface area contributed by atoms with Crippen LogP contribution < -0.4 is 27.7 Å². The number of aliphatic hydroxyl groups is 2. The van der Waals surface area contributed by atoms with Crippen molar-refractivity contribution in [1.82, 2.24) is 39.7 Å². The number of carbonyl (C=O) groups is 1. The molecule has 3 aromatic heterocycles. The van der Waals surface area contributed by atoms with Crippen LogP contribution in [-0.2, 0) is 9.53 Å². The van der Waals surface area contributed by atoms with E-state index in [1.807, 2.05) is 0 Å². The van der Waals surface area contributed by atoms with Crippen LogP contribution in [0.2, 0.25) is 0 Å². The number of aliphatic hydroxyl groups excluding tert-OH is 2. The number of piperidine rings is 1. The lowest BCUT2D eigenvalue weighted by atomic mass is 9.94. The molecule has 44 heavy (non-hydrogen) atoms. The maximum Gasteiger partial charge on any atom is 0.280 e. The molecule has 0 spiro atoms. The number of nitrogen functional groups attached to an aromatic ring is 2. The smallest absolute Gasteiger partial charge is 0.280 e. The van der Waals surface area contributed by atoms with E-state index >= 15 is 0 Å². The summed E-state index contributed by atoms with van der Waals surface area (Å²) >= 11 is 1.64. The van der Waals surface area contributed by atoms with Gasteiger partial charge in [-0.2, -0.15) is 16.7 Å². The molecule has 0 aromatic carbocycles. The second-order valence-corrected chi connectivity index (χ2v) is 12.8. The van der Waals surface area contributed by atoms with Gasteiger partial charge in [0.1, 0.15) is 29.8 Å². The number of fused-ring (bicyclic) bond motifs is 2. The molecule has 1 amide bonds. The predicted molar refractivity (Wildman–Crippen MR) is 165 cm³/mol. The third-order valence-electron chi connectivity index (χ3n) is 8.13. The van der Waals surface area contributed by atoms with Gasteiger partial charge in [0.2, 0.25) is 5.95 Å². The first-order valence-corrected chi connectivity index (χ1v) is 15.5. The number of hydrogen-bond donors (Lipinski definition) is 7. The molecule has 17 nitrogen and oxygen atoms in total. The Morgan fingerprint density at radius 1 is 1.20 bits per heavy atom. The summed E-state index contributed by atoms with van der Waals surface area (Å²) in [5, 5.41) is 27.5. The van der Waals surface area contributed by atoms with E-state index in [4.69, 9.17) is 16.2 Å². The number of rotatable bonds is 8. The van der Waals surface area contributed by atoms with Crippen molar-refractivity contribution in [2.24, 2.45) is 4.99 Å². The van der Waals surface area contributed by atoms with Gasteiger partial charge < -0.3 is 42.0 Å². The molecule has 2 saturated heterocycles. The second-order valence-electron chi connectivity index (χ2n) is 11.7. The van der Waals surface area contributed by atoms with E-state index in [0.717, 1.165) is 38.2 Å². The van der Waals surface area contributed by atoms with E-state index in [2.05, 4.69) is 45.4 Å². The lowest BCUT2D eigenvalue weighted by Crippen LogP contribution is -2.54. The summed E-state index contributed by atoms with van der Waals surface area (Å²) in [6.45, 7) is 6.06. The normalized spacial score (nSPS) is 25.4. The molecule has 6 rings (SSSR count). The highest BCUT2D eigenvalue weighted by Crippen LogP contribution is 2.33. The predicted octanol–water partition coefficient (Wildman–Crippen LogP) is -1.02. The molecular weight excluding hydrogens is 592 g/mol. The Morgan fingerprint density at radius 3 is 2.75 bits per heavy atom. The molecule has 0 bridgehead atoms. The Balaban J connectivity index is 0.955. The highest BCUT2D eigenvalue weighted by molar-refractivity contribution is 7.99. The summed E-state index contributed by atoms with van der Waals surface area (Å²) in [6.07, 6.45) is 0.751. The van der Waals surface area contributed by atoms with E-state index in [0.29, 0.717) is 16.9 Å². The molecule has 3 aliphatic rings. The molecule has 0 aliphatic carbocycles. The lowest BCUT2D eigenvalue weighted by Gasteiger charge is -2.35. The third kappa shape index (κ3) is 5.82. The van der Waals surface area contributed by atoms with Crippen molar-refractivity contribution in [2.45, 2.75) is 62.8 Å². The molecule has 3 aromatic rings. The van der Waals surface area contributed by atoms with E-state index in [1.54, 1.807) is 30.2 Å². The fraction of sp³-hybridized carbons (Fsp3) is 0.577. The molecular formula is C26H36N12O5S. The SMILES string of the molecule is CC1(C)Nc2nc(N)[nH]c(=O)c2N=C1C(=O)NC1CCN(CCSC[C@H]2O[C@@H](n3cnc4c(N)ncnc43)[C@H](O)[C@@H]2O)CC1. The molecule has 18 heteroatoms. The number of imidazole rings is 1. The Morgan fingerprint density at radius 2 is 1.98 bits per heavy atom. The number of ether oxygens (including phenoxy) is 1. The molecule has 0 unspecified atom stereocenters. The first kappa shape index (κ1) is 30.2. The van der Waals surface area contributed by atoms with Gasteiger partial charge in [-0.1, -0.05) is 0 Å². The molecule has 2 fully saturated rings. The van der Waals surface area contributed by atoms with Crippen LogP contribution in [0.4, 0.5) is 23.3 Å². The molecule has 9 N–H and O–H groups in total. The van der Waals surface area contributed by atoms with Gasteiger partial charge in [-0.15, -0.1) is 0 Å². The molecule has 4 atom stereocenters. The van der Waals surface area contributed by atoms with Gasteiger partial charge >= 0.3 is 0 Å². The maximum absolute atomic E-state index is 13.2. The second kappa shape index (κ2) is 11.9. The monoisotopic (exact) mass is 628 g/mol. The number of aliphatic imine (C=N–C) groups is 1. The molecule has 0 radical (unpaired) electrons. The number of anilines is 3. The average Bonchev–Trinajstić information content (AvgIpc) is 3.52. The Kier molecular flexibility index (Phi) is 8.18. The summed E-state index contributed by atoms with van der Waals surface area (Å²) in [5.41, 5.74) is 11.2. The molecule has 3 aliphatic heterocycles. The van der Waals surface area contributed by atoms with Crippen molar-refractivity contribution in [1.29, 1.82) is 0 Å². The molecule has 6 heterocycles. The van der Waals surface area contributed by atoms with Gasteiger partial charge in [0.05, 0.1) is 18.0 Å². The number of hydrogen-bond acceptors (Lipinski definition) is 15. The van der Waals surface area contributed by atoms with Crippen molar-refractivity contribution in [3.8, 4) is 0 Å². The van der Waals surface area contributed by atoms with Crippen molar-refractivity contribution in [3.05, 3.63) is 23.0 Å². The van der Waals surface area contributed by atoms with Gasteiger partial charge in [-0.3, -0.25) is 19.1 Å². The van der Waals surface area contributed by atoms with Gasteiger partial charge in [0.15, 0.2) is 29.2 Å². The van der Waals surface area contributed by atoms with Crippen LogP contribution in [0.1, 0.15) is 32.9 Å². The Labute approximate surface area is 255 Å². The number of nitrogens with zero attached hydrogens (tertiary/aromatic N) is 7. The van der Waals surface area contributed by atoms with Gasteiger partial charge in [0.25, 0.3) is 11.5 Å². The zero-order valence-electron chi connectivity index (χ0n) is 24.3. The summed E-state index contributed by atoms with van der Waals surface area (Å²) in [6, 6.07) is -0.0190. The highest BCUT2D eigenvalue weighted by Gasteiger charge is 2.44. The van der Waals surface area contributed by atoms with E-state index in [9.17, 15) is 19.8 Å². The number of nitrogens with one attached hydrogen (secondary N) is 3. The average molecular weight is 629 g/mol. The third-order valence-corrected chi connectivity index (χ3v) is 9.17. The quantitative estimate of drug-likeness (QED) is 0.148. The Hall–Kier alpha value is -3.84. The Bertz CT molecular complexity index is 1640. The first-order valence-electron chi connectivity index (χ1n) is 14.3. The van der Waals surface area contributed by atoms with E-state index in [-0.39, 0.29) is 40.9 Å². The van der Waals surface area contributed by atoms with Crippen LogP contribution in [0.25, 0.3) is 11.2 Å². The lowest BCUT2D eigenvalue weighted by molar-refractivity contribution is -0.116. The summed E-state index contributed by atoms with van der Waals surface area (Å²) < 4.78 is 7.59. The fourth-order valence-electron chi connectivity index (χ4n) is 5.72. The maximum atomic E-state index is 13.2. The summed E-state index contributed by atoms with van der Waals surface area (Å²) in [4.78, 5) is 51.0. The number of amides is 1. The number of H-pyrrole nitrogens is 1. The van der Waals surface area contributed by atoms with Crippen molar-refractivity contribution >= 4 is 57.8 Å². The van der Waals surface area contributed by atoms with Crippen LogP contribution in [0.5, 0.6) is 0 Å². The minimum Gasteiger partial charge on any atom is -0.387 e. The standard InChI is InChI=1S/C26H36N12O5S/c1-26(2)18(33-15-20(36-26)34-25(28)35-22(15)41)23(42)32-12-3-5-37(6-4-12)7-8-44-9-13-16(39)17(40)24(43-13)38-11-31-14-19(27)29-10-30-21(14)38/h10-13,16-17,24,39-40H,3-9H2,1-2H3,(H,32,42)(H2,27,29,30)(H4,28,34,35,36,41)/t13-,16-,17-,24-/m1/s1. The van der Waals surface area contributed by atoms with Crippen molar-refractivity contribution in [3.63, 3.8) is 0 Å². The highest BCUT2D eigenvalue weighted by atomic mass is 32.2. The van der Waals surface area contributed by atoms with E-state index < -0.39 is 35.6 Å². The van der Waals surface area contributed by atoms with Crippen LogP contribution in [0.3, 0.4) is 0 Å². The largest absolute Gasteiger partial charge is 0.387 e. The van der Waals surface area contributed by atoms with Crippen LogP contribution >= 0.6 is 11.8 Å². The number of thioether (sulfide) groups is 1. The van der Waals surface area contributed by atoms with Crippen LogP contribution in [0.15, 0.2) is 22.4 Å². The minimum atomic E-state index is -1.14. The molecule has 0 saturated carbocycles. The fourth-order valence-corrected chi connectivity index (χ4v) is 6.78. The summed E-state index contributed by atoms with van der Waals surface area (Å²) in [5.74, 6) is 1.44. The summed E-state index contributed by atoms with van der Waals surface area (Å²) in [7, 11) is 0. The van der Waals surface area contributed by atoms with Crippen molar-refractivity contribution < 1.29 is 19.7 Å². The number of aromatic nitrogens is 6. The number of nitrogens with two attached hydrogens (primary N) is 2. The van der Waals surface area contributed by atoms with Gasteiger partial charge in [-0.25, -0.2) is 19.9 Å². The zero-order valence-corrected chi connectivity index (χ0v) is 25.1. The van der Waals surface area contributed by atoms with Crippen molar-refractivity contribution in [2.75, 3.05) is 47.9 Å². The van der Waals surface area contributed by atoms with Gasteiger partial charge in [-0.05, 0) is 26.7 Å². The number of aromatic amines is 1. The first-order chi connectivity index (χ1) is 21.0. The van der Waals surface area contributed by atoms with Gasteiger partial charge in [0, 0.05) is 37.2 Å². The zero-order chi connectivity index (χ0) is 31.2. The molecule has 236 valence electrons. The minimum absolute atomic E-state index is 0.0190. The number of carbonyl (C=O) groups excluding carboxylic acids is 1. The van der Waals surface area contributed by atoms with E-state index in [1.165, 1.54) is 12.7 Å².